The number of carbonyl (C=O) groups excluding carboxylic acids is 2. The molecule has 1 aromatic carbocycles. The van der Waals surface area contributed by atoms with E-state index in [9.17, 15) is 9.59 Å². The van der Waals surface area contributed by atoms with Crippen LogP contribution in [-0.4, -0.2) is 29.2 Å². The van der Waals surface area contributed by atoms with Gasteiger partial charge in [-0.2, -0.15) is 0 Å². The number of nitrogens with zero attached hydrogens (tertiary/aromatic N) is 1. The molecule has 2 rings (SSSR count). The second-order valence-corrected chi connectivity index (χ2v) is 6.34. The van der Waals surface area contributed by atoms with Gasteiger partial charge < -0.3 is 4.90 Å². The summed E-state index contributed by atoms with van der Waals surface area (Å²) in [6.45, 7) is 7.92. The van der Waals surface area contributed by atoms with Crippen molar-refractivity contribution >= 4 is 11.7 Å². The number of likely N-dealkylation sites (N-methyl/N-ethyl adjacent to an activating group) is 1. The molecule has 3 atom stereocenters. The van der Waals surface area contributed by atoms with Crippen molar-refractivity contribution in [3.63, 3.8) is 0 Å². The molecule has 0 aliphatic heterocycles. The lowest BCUT2D eigenvalue weighted by molar-refractivity contribution is -0.138. The average Bonchev–Trinajstić information content (AvgIpc) is 3.18. The van der Waals surface area contributed by atoms with Crippen LogP contribution >= 0.6 is 0 Å². The van der Waals surface area contributed by atoms with Crippen LogP contribution in [-0.2, 0) is 16.0 Å². The maximum atomic E-state index is 12.8. The Morgan fingerprint density at radius 2 is 2.00 bits per heavy atom. The normalized spacial score (nSPS) is 22.8. The van der Waals surface area contributed by atoms with Crippen LogP contribution in [0.5, 0.6) is 0 Å². The zero-order chi connectivity index (χ0) is 16.3. The van der Waals surface area contributed by atoms with Crippen LogP contribution in [0.25, 0.3) is 0 Å². The number of rotatable bonds is 7. The van der Waals surface area contributed by atoms with E-state index in [4.69, 9.17) is 0 Å². The molecular formula is C19H25NO2. The van der Waals surface area contributed by atoms with Crippen molar-refractivity contribution in [2.45, 2.75) is 38.6 Å². The first-order chi connectivity index (χ1) is 10.5. The SMILES string of the molecule is C=CC(C(=O)N(C)C1(Cc2ccccc2)CC1=O)[C@@H](C)CC. The molecule has 1 fully saturated rings. The predicted molar refractivity (Wildman–Crippen MR) is 88.4 cm³/mol. The molecule has 0 aromatic heterocycles. The van der Waals surface area contributed by atoms with Gasteiger partial charge in [0, 0.05) is 19.9 Å². The van der Waals surface area contributed by atoms with E-state index in [2.05, 4.69) is 20.4 Å². The summed E-state index contributed by atoms with van der Waals surface area (Å²) < 4.78 is 0. The minimum atomic E-state index is -0.646. The van der Waals surface area contributed by atoms with Gasteiger partial charge in [0.15, 0.2) is 5.78 Å². The number of hydrogen-bond acceptors (Lipinski definition) is 2. The van der Waals surface area contributed by atoms with Crippen LogP contribution in [0.4, 0.5) is 0 Å². The van der Waals surface area contributed by atoms with Crippen molar-refractivity contribution in [3.8, 4) is 0 Å². The molecule has 1 aliphatic rings. The van der Waals surface area contributed by atoms with Crippen LogP contribution in [0, 0.1) is 11.8 Å². The zero-order valence-corrected chi connectivity index (χ0v) is 13.7. The Kier molecular flexibility index (Phi) is 4.84. The van der Waals surface area contributed by atoms with E-state index in [0.29, 0.717) is 12.8 Å². The van der Waals surface area contributed by atoms with Gasteiger partial charge in [0.25, 0.3) is 0 Å². The summed E-state index contributed by atoms with van der Waals surface area (Å²) in [6.07, 6.45) is 3.68. The lowest BCUT2D eigenvalue weighted by Crippen LogP contribution is -2.46. The molecule has 0 N–H and O–H groups in total. The standard InChI is InChI=1S/C19H25NO2/c1-5-14(3)16(6-2)18(22)20(4)19(13-17(19)21)12-15-10-8-7-9-11-15/h6-11,14,16H,2,5,12-13H2,1,3-4H3/t14-,16?,19?/m0/s1. The third-order valence-electron chi connectivity index (χ3n) is 4.96. The molecule has 22 heavy (non-hydrogen) atoms. The minimum absolute atomic E-state index is 0.00568. The third kappa shape index (κ3) is 2.99. The topological polar surface area (TPSA) is 37.4 Å². The smallest absolute Gasteiger partial charge is 0.230 e. The van der Waals surface area contributed by atoms with E-state index in [1.165, 1.54) is 0 Å². The maximum Gasteiger partial charge on any atom is 0.230 e. The molecule has 118 valence electrons. The molecule has 3 nitrogen and oxygen atoms in total. The number of ketones is 1. The molecular weight excluding hydrogens is 274 g/mol. The van der Waals surface area contributed by atoms with Crippen molar-refractivity contribution < 1.29 is 9.59 Å². The Morgan fingerprint density at radius 3 is 2.45 bits per heavy atom. The fourth-order valence-corrected chi connectivity index (χ4v) is 3.01. The van der Waals surface area contributed by atoms with E-state index in [1.807, 2.05) is 30.3 Å². The fourth-order valence-electron chi connectivity index (χ4n) is 3.01. The van der Waals surface area contributed by atoms with Gasteiger partial charge in [-0.1, -0.05) is 56.7 Å². The highest BCUT2D eigenvalue weighted by Gasteiger charge is 2.58. The van der Waals surface area contributed by atoms with Gasteiger partial charge in [-0.15, -0.1) is 6.58 Å². The van der Waals surface area contributed by atoms with E-state index < -0.39 is 5.54 Å². The molecule has 1 saturated carbocycles. The molecule has 0 bridgehead atoms. The average molecular weight is 299 g/mol. The first-order valence-electron chi connectivity index (χ1n) is 7.93. The van der Waals surface area contributed by atoms with E-state index in [0.717, 1.165) is 12.0 Å². The zero-order valence-electron chi connectivity index (χ0n) is 13.7. The number of amides is 1. The number of Topliss-reactive ketones (excluding diaryl/α,β-unsaturated/α-hetero) is 1. The van der Waals surface area contributed by atoms with Gasteiger partial charge in [-0.25, -0.2) is 0 Å². The molecule has 3 heteroatoms. The Morgan fingerprint density at radius 1 is 1.41 bits per heavy atom. The first-order valence-corrected chi connectivity index (χ1v) is 7.93. The van der Waals surface area contributed by atoms with Gasteiger partial charge in [0.05, 0.1) is 5.92 Å². The number of carbonyl (C=O) groups is 2. The molecule has 0 heterocycles. The van der Waals surface area contributed by atoms with Gasteiger partial charge in [-0.05, 0) is 11.5 Å². The van der Waals surface area contributed by atoms with E-state index in [1.54, 1.807) is 18.0 Å². The Labute approximate surface area is 133 Å². The summed E-state index contributed by atoms with van der Waals surface area (Å²) in [4.78, 5) is 26.6. The second-order valence-electron chi connectivity index (χ2n) is 6.34. The second kappa shape index (κ2) is 6.47. The van der Waals surface area contributed by atoms with E-state index >= 15 is 0 Å². The van der Waals surface area contributed by atoms with Gasteiger partial charge >= 0.3 is 0 Å². The fraction of sp³-hybridized carbons (Fsp3) is 0.474. The molecule has 0 spiro atoms. The van der Waals surface area contributed by atoms with Crippen molar-refractivity contribution in [1.82, 2.24) is 4.90 Å². The van der Waals surface area contributed by atoms with Crippen molar-refractivity contribution in [3.05, 3.63) is 48.6 Å². The van der Waals surface area contributed by atoms with Crippen molar-refractivity contribution in [1.29, 1.82) is 0 Å². The maximum absolute atomic E-state index is 12.8. The summed E-state index contributed by atoms with van der Waals surface area (Å²) in [5.41, 5.74) is 0.444. The summed E-state index contributed by atoms with van der Waals surface area (Å²) in [6, 6.07) is 9.89. The van der Waals surface area contributed by atoms with Crippen molar-refractivity contribution in [2.24, 2.45) is 11.8 Å². The Bertz CT molecular complexity index is 566. The molecule has 1 aliphatic carbocycles. The number of hydrogen-bond donors (Lipinski definition) is 0. The van der Waals surface area contributed by atoms with Gasteiger partial charge in [0.1, 0.15) is 5.54 Å². The Hall–Kier alpha value is -1.90. The summed E-state index contributed by atoms with van der Waals surface area (Å²) in [7, 11) is 1.76. The largest absolute Gasteiger partial charge is 0.332 e. The third-order valence-corrected chi connectivity index (χ3v) is 4.96. The lowest BCUT2D eigenvalue weighted by Gasteiger charge is -2.31. The highest BCUT2D eigenvalue weighted by molar-refractivity contribution is 6.08. The summed E-state index contributed by atoms with van der Waals surface area (Å²) in [5, 5.41) is 0. The van der Waals surface area contributed by atoms with Crippen LogP contribution in [0.2, 0.25) is 0 Å². The van der Waals surface area contributed by atoms with Gasteiger partial charge in [0.2, 0.25) is 5.91 Å². The van der Waals surface area contributed by atoms with Gasteiger partial charge in [-0.3, -0.25) is 9.59 Å². The van der Waals surface area contributed by atoms with Crippen LogP contribution < -0.4 is 0 Å². The summed E-state index contributed by atoms with van der Waals surface area (Å²) in [5.74, 6) is 0.163. The molecule has 2 unspecified atom stereocenters. The lowest BCUT2D eigenvalue weighted by atomic mass is 9.89. The quantitative estimate of drug-likeness (QED) is 0.725. The molecule has 1 amide bonds. The molecule has 0 radical (unpaired) electrons. The predicted octanol–water partition coefficient (Wildman–Crippen LogP) is 3.25. The summed E-state index contributed by atoms with van der Waals surface area (Å²) >= 11 is 0. The van der Waals surface area contributed by atoms with E-state index in [-0.39, 0.29) is 23.5 Å². The van der Waals surface area contributed by atoms with Crippen LogP contribution in [0.1, 0.15) is 32.3 Å². The minimum Gasteiger partial charge on any atom is -0.332 e. The molecule has 0 saturated heterocycles. The van der Waals surface area contributed by atoms with Crippen molar-refractivity contribution in [2.75, 3.05) is 7.05 Å². The van der Waals surface area contributed by atoms with Crippen LogP contribution in [0.15, 0.2) is 43.0 Å². The Balaban J connectivity index is 2.18. The number of benzene rings is 1. The molecule has 1 aromatic rings. The highest BCUT2D eigenvalue weighted by Crippen LogP contribution is 2.41. The first kappa shape index (κ1) is 16.5. The highest BCUT2D eigenvalue weighted by atomic mass is 16.2. The monoisotopic (exact) mass is 299 g/mol. The van der Waals surface area contributed by atoms with Crippen LogP contribution in [0.3, 0.4) is 0 Å².